The highest BCUT2D eigenvalue weighted by molar-refractivity contribution is 6.00. The molecule has 0 radical (unpaired) electrons. The number of cyclic esters (lactones) is 1. The van der Waals surface area contributed by atoms with Crippen molar-refractivity contribution < 1.29 is 138 Å². The van der Waals surface area contributed by atoms with E-state index in [0.29, 0.717) is 26.3 Å². The molecule has 668 valence electrons. The fourth-order valence-corrected chi connectivity index (χ4v) is 11.1. The maximum atomic E-state index is 15.7. The third kappa shape index (κ3) is 37.1. The van der Waals surface area contributed by atoms with Crippen LogP contribution in [0.3, 0.4) is 0 Å². The van der Waals surface area contributed by atoms with E-state index in [4.69, 9.17) is 56.9 Å². The summed E-state index contributed by atoms with van der Waals surface area (Å²) in [6, 6.07) is -4.81. The zero-order chi connectivity index (χ0) is 90.7. The lowest BCUT2D eigenvalue weighted by molar-refractivity contribution is -0.193. The third-order valence-corrected chi connectivity index (χ3v) is 17.6. The van der Waals surface area contributed by atoms with Crippen molar-refractivity contribution >= 4 is 106 Å². The number of guanidine groups is 1. The number of rotatable bonds is 26. The maximum absolute atomic E-state index is 15.7. The number of carboxylic acids is 2. The van der Waals surface area contributed by atoms with E-state index >= 15 is 19.2 Å². The Kier molecular flexibility index (Phi) is 43.5. The van der Waals surface area contributed by atoms with Crippen molar-refractivity contribution in [2.24, 2.45) is 57.5 Å². The van der Waals surface area contributed by atoms with Crippen molar-refractivity contribution in [1.29, 1.82) is 0 Å². The van der Waals surface area contributed by atoms with Crippen molar-refractivity contribution in [3.8, 4) is 0 Å². The van der Waals surface area contributed by atoms with Crippen molar-refractivity contribution in [2.75, 3.05) is 56.2 Å². The summed E-state index contributed by atoms with van der Waals surface area (Å²) in [4.78, 5) is 212. The number of esters is 1. The molecule has 0 aliphatic carbocycles. The van der Waals surface area contributed by atoms with Gasteiger partial charge in [-0.25, -0.2) is 19.2 Å². The van der Waals surface area contributed by atoms with Crippen LogP contribution in [0, 0.1) is 29.6 Å². The first-order valence-electron chi connectivity index (χ1n) is 37.7. The molecular weight excluding hydrogens is 1600 g/mol. The van der Waals surface area contributed by atoms with Gasteiger partial charge in [-0.05, 0) is 98.4 Å². The van der Waals surface area contributed by atoms with Crippen molar-refractivity contribution in [3.63, 3.8) is 0 Å². The third-order valence-electron chi connectivity index (χ3n) is 17.6. The fourth-order valence-electron chi connectivity index (χ4n) is 11.1. The Labute approximate surface area is 681 Å². The molecular formula is C73H111F6N17O23. The van der Waals surface area contributed by atoms with Crippen molar-refractivity contribution in [2.45, 2.75) is 212 Å². The van der Waals surface area contributed by atoms with E-state index in [2.05, 4.69) is 58.2 Å². The number of aliphatic hydroxyl groups excluding tert-OH is 3. The molecule has 4 rings (SSSR count). The van der Waals surface area contributed by atoms with Gasteiger partial charge in [0.15, 0.2) is 24.2 Å². The number of aliphatic carboxylic acids is 2. The minimum atomic E-state index is -5.08. The van der Waals surface area contributed by atoms with Crippen LogP contribution in [0.15, 0.2) is 59.6 Å². The molecule has 2 aromatic carbocycles. The van der Waals surface area contributed by atoms with Crippen LogP contribution in [0.2, 0.25) is 0 Å². The zero-order valence-corrected chi connectivity index (χ0v) is 67.4. The molecule has 12 amide bonds. The molecule has 2 aliphatic rings. The summed E-state index contributed by atoms with van der Waals surface area (Å²) in [5.74, 6) is -23.2. The molecule has 0 aromatic heterocycles. The number of halogens is 6. The normalized spacial score (nSPS) is 22.2. The number of nitrogens with zero attached hydrogens (tertiary/aromatic N) is 2. The first kappa shape index (κ1) is 104. The second-order valence-electron chi connectivity index (χ2n) is 29.3. The average Bonchev–Trinajstić information content (AvgIpc) is 0.811. The number of nitrogens with one attached hydrogen (secondary N) is 11. The molecule has 2 fully saturated rings. The number of alkyl halides is 6. The van der Waals surface area contributed by atoms with Gasteiger partial charge in [-0.3, -0.25) is 63.0 Å². The van der Waals surface area contributed by atoms with Crippen molar-refractivity contribution in [1.82, 2.24) is 53.2 Å². The van der Waals surface area contributed by atoms with E-state index in [9.17, 15) is 84.8 Å². The van der Waals surface area contributed by atoms with Gasteiger partial charge in [0.1, 0.15) is 54.9 Å². The zero-order valence-electron chi connectivity index (χ0n) is 67.4. The van der Waals surface area contributed by atoms with Gasteiger partial charge >= 0.3 is 36.4 Å². The van der Waals surface area contributed by atoms with Gasteiger partial charge in [0, 0.05) is 31.0 Å². The molecule has 2 aliphatic heterocycles. The number of amides is 12. The predicted molar refractivity (Wildman–Crippen MR) is 411 cm³/mol. The van der Waals surface area contributed by atoms with Gasteiger partial charge in [0.05, 0.1) is 38.0 Å². The number of carboxylic acid groups (broad SMARTS) is 2. The Morgan fingerprint density at radius 2 is 1.13 bits per heavy atom. The number of carbonyl (C=O) groups excluding carboxylic acids is 13. The lowest BCUT2D eigenvalue weighted by atomic mass is 9.95. The molecule has 2 heterocycles. The smallest absolute Gasteiger partial charge is 0.475 e. The van der Waals surface area contributed by atoms with E-state index < -0.39 is 217 Å². The predicted octanol–water partition coefficient (Wildman–Crippen LogP) is -2.08. The number of aliphatic imine (C=N–C) groups is 1. The minimum Gasteiger partial charge on any atom is -0.475 e. The Balaban J connectivity index is 0.00000313. The molecule has 2 saturated heterocycles. The van der Waals surface area contributed by atoms with Gasteiger partial charge in [0.2, 0.25) is 65.0 Å². The number of aliphatic hydroxyl groups is 3. The summed E-state index contributed by atoms with van der Waals surface area (Å²) < 4.78 is 80.6. The molecule has 0 unspecified atom stereocenters. The van der Waals surface area contributed by atoms with Gasteiger partial charge < -0.3 is 121 Å². The average molecular weight is 1710 g/mol. The Hall–Kier alpha value is -11.3. The second-order valence-corrected chi connectivity index (χ2v) is 29.3. The summed E-state index contributed by atoms with van der Waals surface area (Å²) in [7, 11) is 0. The molecule has 0 saturated carbocycles. The molecule has 0 spiro atoms. The van der Waals surface area contributed by atoms with Crippen LogP contribution in [0.4, 0.5) is 42.5 Å². The summed E-state index contributed by atoms with van der Waals surface area (Å²) in [5, 5.41) is 75.3. The topological polar surface area (TPSA) is 637 Å². The molecule has 24 N–H and O–H groups in total. The number of anilines is 2. The standard InChI is InChI=1S/C69H109N17O19.2C2HF3O2/c1-12-38(10)49-63(97)83-50(39(11)87)62(96)75-32-48(88)81-52(55(90)57(71)91)65(99)80-47(33-104-69(102)76-41-20-22-42(23-21-41)86-25-27-103-28-26-86)67(101)105-56(40-17-14-13-15-18-40)53(85-61(95)46(31-36(6)7)78-58(92)43(70)29-34(2)3)66(100)84-51(54(89)37(8)9)64(98)79-45(30-35(4)5)60(94)77-44(59(93)82-49)19-16-24-74-68(72)73;2*3-2(4,5)1(6)7/h13-15,17-18,20-23,34-39,43-47,49-56,87,89-90H,12,16,19,24-33,70H2,1-11H3,(H2,71,91)(H,75,96)(H,76,102)(H,77,94)(H,78,92)(H,79,98)(H,80,99)(H,81,88)(H,82,93)(H,83,97)(H,84,100)(H,85,95)(H4,72,73,74);2*(H,6,7)/t38-,39-,43+,44+,45-,46-,47-,49-,50-,51-,52-,53-,54+,55-,56+;;/m0../s1. The molecule has 15 atom stereocenters. The number of benzene rings is 2. The highest BCUT2D eigenvalue weighted by Crippen LogP contribution is 2.26. The van der Waals surface area contributed by atoms with Crippen LogP contribution in [-0.2, 0) is 81.3 Å². The van der Waals surface area contributed by atoms with Crippen LogP contribution in [0.25, 0.3) is 0 Å². The first-order chi connectivity index (χ1) is 55.3. The maximum Gasteiger partial charge on any atom is 0.490 e. The quantitative estimate of drug-likeness (QED) is 0.0158. The molecule has 0 bridgehead atoms. The summed E-state index contributed by atoms with van der Waals surface area (Å²) in [6.07, 6.45) is -19.8. The van der Waals surface area contributed by atoms with E-state index in [1.807, 2.05) is 24.1 Å². The van der Waals surface area contributed by atoms with Gasteiger partial charge in [-0.1, -0.05) is 106 Å². The van der Waals surface area contributed by atoms with Crippen LogP contribution < -0.4 is 86.3 Å². The van der Waals surface area contributed by atoms with Gasteiger partial charge in [0.25, 0.3) is 0 Å². The monoisotopic (exact) mass is 1710 g/mol. The molecule has 46 heteroatoms. The highest BCUT2D eigenvalue weighted by atomic mass is 19.4. The molecule has 119 heavy (non-hydrogen) atoms. The number of hydrogen-bond donors (Lipinski definition) is 20. The van der Waals surface area contributed by atoms with E-state index in [1.54, 1.807) is 53.7 Å². The summed E-state index contributed by atoms with van der Waals surface area (Å²) >= 11 is 0. The van der Waals surface area contributed by atoms with E-state index in [1.165, 1.54) is 56.3 Å². The Morgan fingerprint density at radius 1 is 0.622 bits per heavy atom. The number of carbonyl (C=O) groups is 15. The molecule has 40 nitrogen and oxygen atoms in total. The number of hydrogen-bond acceptors (Lipinski definition) is 24. The van der Waals surface area contributed by atoms with E-state index in [0.717, 1.165) is 12.6 Å². The van der Waals surface area contributed by atoms with E-state index in [-0.39, 0.29) is 74.1 Å². The Bertz CT molecular complexity index is 3740. The number of primary amides is 1. The van der Waals surface area contributed by atoms with Crippen LogP contribution in [0.5, 0.6) is 0 Å². The van der Waals surface area contributed by atoms with Crippen molar-refractivity contribution in [3.05, 3.63) is 60.2 Å². The van der Waals surface area contributed by atoms with Gasteiger partial charge in [-0.15, -0.1) is 0 Å². The van der Waals surface area contributed by atoms with Crippen LogP contribution in [0.1, 0.15) is 126 Å². The lowest BCUT2D eigenvalue weighted by Gasteiger charge is -2.34. The first-order valence-corrected chi connectivity index (χ1v) is 37.7. The fraction of sp³-hybridized carbons (Fsp3) is 0.616. The summed E-state index contributed by atoms with van der Waals surface area (Å²) in [5.41, 5.74) is 23.8. The van der Waals surface area contributed by atoms with Gasteiger partial charge in [-0.2, -0.15) is 26.3 Å². The molecule has 2 aromatic rings. The number of nitrogens with two attached hydrogens (primary N) is 4. The Morgan fingerprint density at radius 3 is 1.64 bits per heavy atom. The summed E-state index contributed by atoms with van der Waals surface area (Å²) in [6.45, 7) is 17.5. The second kappa shape index (κ2) is 49.8. The highest BCUT2D eigenvalue weighted by Gasteiger charge is 2.45. The lowest BCUT2D eigenvalue weighted by Crippen LogP contribution is -2.64. The number of ether oxygens (including phenoxy) is 3. The SMILES string of the molecule is CC[C@H](C)[C@@H]1NC(=O)[C@@H](CCCN=C(N)N)NC(=O)[C@H](CC(C)C)NC(=O)[C@H]([C@H](O)C(C)C)NC(=O)[C@@H](NC(=O)[C@H](CC(C)C)NC(=O)[C@H](N)CC(C)C)[C@@H](c2ccccc2)OC(=O)[C@H](COC(=O)Nc2ccc(N3CCOCC3)cc2)NC(=O)[C@H]([C@H](O)C(N)=O)NC(=O)CNC(=O)[C@H]([C@H](C)O)NC1=O.O=C(O)C(F)(F)F.O=C(O)C(F)(F)F. The number of morpholine rings is 1. The van der Waals surface area contributed by atoms with Crippen LogP contribution >= 0.6 is 0 Å². The minimum absolute atomic E-state index is 0.0297. The largest absolute Gasteiger partial charge is 0.490 e. The van der Waals surface area contributed by atoms with Crippen LogP contribution in [-0.4, -0.2) is 258 Å².